The molecule has 1 aliphatic heterocycles. The summed E-state index contributed by atoms with van der Waals surface area (Å²) in [7, 11) is 1.84. The van der Waals surface area contributed by atoms with Crippen molar-refractivity contribution < 1.29 is 4.74 Å². The van der Waals surface area contributed by atoms with Crippen molar-refractivity contribution in [2.24, 2.45) is 5.92 Å². The van der Waals surface area contributed by atoms with E-state index >= 15 is 0 Å². The molecule has 1 aromatic rings. The summed E-state index contributed by atoms with van der Waals surface area (Å²) in [5, 5.41) is 0. The van der Waals surface area contributed by atoms with Crippen molar-refractivity contribution in [3.05, 3.63) is 35.9 Å². The number of alkyl halides is 1. The van der Waals surface area contributed by atoms with Crippen LogP contribution < -0.4 is 0 Å². The van der Waals surface area contributed by atoms with Crippen LogP contribution in [0.15, 0.2) is 30.3 Å². The molecule has 1 saturated heterocycles. The molecule has 2 fully saturated rings. The minimum Gasteiger partial charge on any atom is -0.380 e. The first-order chi connectivity index (χ1) is 8.29. The molecule has 1 aliphatic carbocycles. The molecule has 0 amide bonds. The van der Waals surface area contributed by atoms with E-state index in [-0.39, 0.29) is 0 Å². The lowest BCUT2D eigenvalue weighted by Gasteiger charge is -2.32. The Morgan fingerprint density at radius 3 is 2.76 bits per heavy atom. The summed E-state index contributed by atoms with van der Waals surface area (Å²) in [4.78, 5) is 3.17. The van der Waals surface area contributed by atoms with Gasteiger partial charge in [0.25, 0.3) is 0 Å². The molecule has 4 atom stereocenters. The summed E-state index contributed by atoms with van der Waals surface area (Å²) in [6.45, 7) is 2.25. The molecule has 0 spiro atoms. The fourth-order valence-corrected chi connectivity index (χ4v) is 4.37. The average Bonchev–Trinajstić information content (AvgIpc) is 2.83. The molecule has 92 valence electrons. The van der Waals surface area contributed by atoms with Gasteiger partial charge in [0.15, 0.2) is 0 Å². The quantitative estimate of drug-likeness (QED) is 0.795. The Labute approximate surface area is 111 Å². The van der Waals surface area contributed by atoms with Crippen LogP contribution in [0.4, 0.5) is 0 Å². The number of rotatable bonds is 3. The zero-order valence-corrected chi connectivity index (χ0v) is 11.6. The van der Waals surface area contributed by atoms with E-state index in [4.69, 9.17) is 4.74 Å². The number of fused-ring (bicyclic) bond motifs is 2. The van der Waals surface area contributed by atoms with Crippen LogP contribution in [0.5, 0.6) is 0 Å². The van der Waals surface area contributed by atoms with Gasteiger partial charge in [-0.25, -0.2) is 0 Å². The van der Waals surface area contributed by atoms with Gasteiger partial charge in [0.2, 0.25) is 0 Å². The van der Waals surface area contributed by atoms with Gasteiger partial charge in [-0.3, -0.25) is 4.90 Å². The third-order valence-corrected chi connectivity index (χ3v) is 5.40. The number of nitrogens with zero attached hydrogens (tertiary/aromatic N) is 1. The van der Waals surface area contributed by atoms with Gasteiger partial charge >= 0.3 is 0 Å². The van der Waals surface area contributed by atoms with Gasteiger partial charge in [-0.05, 0) is 17.9 Å². The number of methoxy groups -OCH3 is 1. The monoisotopic (exact) mass is 295 g/mol. The minimum atomic E-state index is 0.404. The lowest BCUT2D eigenvalue weighted by molar-refractivity contribution is 0.0172. The van der Waals surface area contributed by atoms with Crippen LogP contribution in [-0.4, -0.2) is 35.5 Å². The van der Waals surface area contributed by atoms with Crippen molar-refractivity contribution >= 4 is 15.9 Å². The van der Waals surface area contributed by atoms with Crippen molar-refractivity contribution in [2.45, 2.75) is 29.9 Å². The Morgan fingerprint density at radius 1 is 1.35 bits per heavy atom. The van der Waals surface area contributed by atoms with Crippen LogP contribution in [0.2, 0.25) is 0 Å². The van der Waals surface area contributed by atoms with Gasteiger partial charge < -0.3 is 4.74 Å². The van der Waals surface area contributed by atoms with Crippen molar-refractivity contribution in [1.82, 2.24) is 4.90 Å². The van der Waals surface area contributed by atoms with E-state index in [1.807, 2.05) is 7.11 Å². The highest BCUT2D eigenvalue weighted by Gasteiger charge is 2.51. The van der Waals surface area contributed by atoms with E-state index in [1.165, 1.54) is 18.5 Å². The molecular formula is C14H18BrNO. The Kier molecular flexibility index (Phi) is 3.24. The summed E-state index contributed by atoms with van der Waals surface area (Å²) in [5.41, 5.74) is 1.40. The Hall–Kier alpha value is -0.380. The maximum atomic E-state index is 5.61. The molecule has 3 rings (SSSR count). The zero-order chi connectivity index (χ0) is 11.8. The molecule has 3 heteroatoms. The summed E-state index contributed by atoms with van der Waals surface area (Å²) < 4.78 is 5.61. The van der Waals surface area contributed by atoms with Crippen LogP contribution in [-0.2, 0) is 11.3 Å². The first-order valence-electron chi connectivity index (χ1n) is 6.24. The van der Waals surface area contributed by atoms with Gasteiger partial charge in [0, 0.05) is 31.1 Å². The number of halogens is 1. The fraction of sp³-hybridized carbons (Fsp3) is 0.571. The third kappa shape index (κ3) is 2.05. The number of piperidine rings is 1. The van der Waals surface area contributed by atoms with Crippen LogP contribution in [0, 0.1) is 5.92 Å². The number of hydrogen-bond acceptors (Lipinski definition) is 2. The van der Waals surface area contributed by atoms with Gasteiger partial charge in [-0.15, -0.1) is 0 Å². The van der Waals surface area contributed by atoms with Crippen LogP contribution in [0.25, 0.3) is 0 Å². The van der Waals surface area contributed by atoms with E-state index in [2.05, 4.69) is 51.2 Å². The Morgan fingerprint density at radius 2 is 2.12 bits per heavy atom. The second kappa shape index (κ2) is 4.71. The molecule has 2 nitrogen and oxygen atoms in total. The summed E-state index contributed by atoms with van der Waals surface area (Å²) in [6.07, 6.45) is 1.62. The summed E-state index contributed by atoms with van der Waals surface area (Å²) in [5.74, 6) is 0.758. The topological polar surface area (TPSA) is 12.5 Å². The van der Waals surface area contributed by atoms with Crippen molar-refractivity contribution in [3.63, 3.8) is 0 Å². The number of ether oxygens (including phenoxy) is 1. The molecule has 2 aliphatic rings. The summed E-state index contributed by atoms with van der Waals surface area (Å²) in [6, 6.07) is 11.3. The standard InChI is InChI=1S/C14H18BrNO/c1-17-12-7-11-9-16(14(12)13(11)15)8-10-5-3-2-4-6-10/h2-6,11-14H,7-9H2,1H3/t11-,12-,13-,14+/m0/s1. The molecule has 0 radical (unpaired) electrons. The Balaban J connectivity index is 1.73. The Bertz CT molecular complexity index is 383. The van der Waals surface area contributed by atoms with Gasteiger partial charge in [0.1, 0.15) is 0 Å². The number of hydrogen-bond donors (Lipinski definition) is 0. The SMILES string of the molecule is CO[C@H]1C[C@H]2CN(Cc3ccccc3)[C@H]1[C@H]2Br. The number of benzene rings is 1. The highest BCUT2D eigenvalue weighted by Crippen LogP contribution is 2.44. The minimum absolute atomic E-state index is 0.404. The maximum absolute atomic E-state index is 5.61. The van der Waals surface area contributed by atoms with E-state index < -0.39 is 0 Å². The maximum Gasteiger partial charge on any atom is 0.0741 e. The molecule has 1 aromatic carbocycles. The van der Waals surface area contributed by atoms with Crippen molar-refractivity contribution in [1.29, 1.82) is 0 Å². The van der Waals surface area contributed by atoms with Crippen LogP contribution in [0.3, 0.4) is 0 Å². The van der Waals surface area contributed by atoms with E-state index in [1.54, 1.807) is 0 Å². The number of likely N-dealkylation sites (tertiary alicyclic amines) is 1. The van der Waals surface area contributed by atoms with Gasteiger partial charge in [0.05, 0.1) is 6.10 Å². The van der Waals surface area contributed by atoms with E-state index in [0.29, 0.717) is 17.0 Å². The lowest BCUT2D eigenvalue weighted by atomic mass is 10.1. The lowest BCUT2D eigenvalue weighted by Crippen LogP contribution is -2.42. The molecule has 1 heterocycles. The summed E-state index contributed by atoms with van der Waals surface area (Å²) >= 11 is 3.84. The zero-order valence-electron chi connectivity index (χ0n) is 10.1. The second-order valence-corrected chi connectivity index (χ2v) is 6.18. The fourth-order valence-electron chi connectivity index (χ4n) is 3.31. The average molecular weight is 296 g/mol. The highest BCUT2D eigenvalue weighted by atomic mass is 79.9. The van der Waals surface area contributed by atoms with E-state index in [9.17, 15) is 0 Å². The largest absolute Gasteiger partial charge is 0.380 e. The molecule has 0 N–H and O–H groups in total. The smallest absolute Gasteiger partial charge is 0.0741 e. The van der Waals surface area contributed by atoms with Crippen molar-refractivity contribution in [2.75, 3.05) is 13.7 Å². The predicted molar refractivity (Wildman–Crippen MR) is 72.3 cm³/mol. The first kappa shape index (κ1) is 11.7. The second-order valence-electron chi connectivity index (χ2n) is 5.12. The predicted octanol–water partition coefficient (Wildman–Crippen LogP) is 2.67. The van der Waals surface area contributed by atoms with Crippen LogP contribution >= 0.6 is 15.9 Å². The molecular weight excluding hydrogens is 278 g/mol. The van der Waals surface area contributed by atoms with Gasteiger partial charge in [-0.2, -0.15) is 0 Å². The molecule has 1 saturated carbocycles. The van der Waals surface area contributed by atoms with E-state index in [0.717, 1.165) is 12.5 Å². The van der Waals surface area contributed by atoms with Crippen molar-refractivity contribution in [3.8, 4) is 0 Å². The highest BCUT2D eigenvalue weighted by molar-refractivity contribution is 9.09. The third-order valence-electron chi connectivity index (χ3n) is 4.11. The molecule has 2 bridgehead atoms. The first-order valence-corrected chi connectivity index (χ1v) is 7.16. The molecule has 17 heavy (non-hydrogen) atoms. The van der Waals surface area contributed by atoms with Crippen LogP contribution in [0.1, 0.15) is 12.0 Å². The molecule has 0 aromatic heterocycles. The normalized spacial score (nSPS) is 36.6. The van der Waals surface area contributed by atoms with Gasteiger partial charge in [-0.1, -0.05) is 46.3 Å². The molecule has 0 unspecified atom stereocenters.